The van der Waals surface area contributed by atoms with Crippen molar-refractivity contribution in [3.8, 4) is 17.3 Å². The Kier molecular flexibility index (Phi) is 3.16. The molecule has 0 aliphatic carbocycles. The highest BCUT2D eigenvalue weighted by Gasteiger charge is 2.27. The quantitative estimate of drug-likeness (QED) is 0.840. The maximum atomic E-state index is 5.37. The van der Waals surface area contributed by atoms with E-state index in [1.165, 1.54) is 6.42 Å². The lowest BCUT2D eigenvalue weighted by atomic mass is 10.2. The van der Waals surface area contributed by atoms with E-state index in [1.54, 1.807) is 19.4 Å². The van der Waals surface area contributed by atoms with Gasteiger partial charge in [0.2, 0.25) is 17.6 Å². The molecular formula is C13H16N4O2. The number of pyridine rings is 1. The van der Waals surface area contributed by atoms with Crippen LogP contribution in [0.3, 0.4) is 0 Å². The predicted molar refractivity (Wildman–Crippen MR) is 68.7 cm³/mol. The summed E-state index contributed by atoms with van der Waals surface area (Å²) in [6.07, 6.45) is 3.92. The van der Waals surface area contributed by atoms with Crippen molar-refractivity contribution < 1.29 is 9.26 Å². The minimum Gasteiger partial charge on any atom is -0.481 e. The fourth-order valence-corrected chi connectivity index (χ4v) is 2.34. The maximum Gasteiger partial charge on any atom is 0.244 e. The Morgan fingerprint density at radius 3 is 2.95 bits per heavy atom. The van der Waals surface area contributed by atoms with Crippen molar-refractivity contribution in [2.24, 2.45) is 0 Å². The third kappa shape index (κ3) is 2.31. The third-order valence-electron chi connectivity index (χ3n) is 3.45. The topological polar surface area (TPSA) is 64.3 Å². The van der Waals surface area contributed by atoms with Gasteiger partial charge < -0.3 is 9.26 Å². The van der Waals surface area contributed by atoms with E-state index in [0.29, 0.717) is 17.6 Å². The van der Waals surface area contributed by atoms with Gasteiger partial charge in [-0.1, -0.05) is 5.16 Å². The van der Waals surface area contributed by atoms with E-state index in [-0.39, 0.29) is 6.04 Å². The van der Waals surface area contributed by atoms with Gasteiger partial charge in [-0.3, -0.25) is 4.90 Å². The molecule has 0 unspecified atom stereocenters. The Morgan fingerprint density at radius 1 is 1.42 bits per heavy atom. The summed E-state index contributed by atoms with van der Waals surface area (Å²) in [4.78, 5) is 10.8. The van der Waals surface area contributed by atoms with Gasteiger partial charge in [0.1, 0.15) is 0 Å². The van der Waals surface area contributed by atoms with Crippen LogP contribution in [0.1, 0.15) is 24.8 Å². The number of nitrogens with zero attached hydrogens (tertiary/aromatic N) is 4. The summed E-state index contributed by atoms with van der Waals surface area (Å²) in [6, 6.07) is 3.90. The van der Waals surface area contributed by atoms with Crippen molar-refractivity contribution in [3.63, 3.8) is 0 Å². The fourth-order valence-electron chi connectivity index (χ4n) is 2.34. The van der Waals surface area contributed by atoms with Crippen molar-refractivity contribution in [3.05, 3.63) is 24.2 Å². The molecule has 3 rings (SSSR count). The lowest BCUT2D eigenvalue weighted by molar-refractivity contribution is 0.245. The van der Waals surface area contributed by atoms with Gasteiger partial charge in [0.15, 0.2) is 0 Å². The van der Waals surface area contributed by atoms with E-state index in [4.69, 9.17) is 9.26 Å². The number of ether oxygens (including phenoxy) is 1. The first-order valence-electron chi connectivity index (χ1n) is 6.32. The molecule has 1 atom stereocenters. The molecule has 0 aromatic carbocycles. The zero-order valence-electron chi connectivity index (χ0n) is 11.0. The molecule has 2 aromatic heterocycles. The highest BCUT2D eigenvalue weighted by molar-refractivity contribution is 5.53. The maximum absolute atomic E-state index is 5.37. The Morgan fingerprint density at radius 2 is 2.32 bits per heavy atom. The third-order valence-corrected chi connectivity index (χ3v) is 3.45. The minimum atomic E-state index is 0.243. The number of aromatic nitrogens is 3. The summed E-state index contributed by atoms with van der Waals surface area (Å²) in [7, 11) is 3.67. The van der Waals surface area contributed by atoms with Crippen LogP contribution in [0.5, 0.6) is 5.88 Å². The summed E-state index contributed by atoms with van der Waals surface area (Å²) in [5.41, 5.74) is 0.830. The van der Waals surface area contributed by atoms with E-state index in [2.05, 4.69) is 27.1 Å². The Balaban J connectivity index is 1.83. The summed E-state index contributed by atoms with van der Waals surface area (Å²) in [6.45, 7) is 1.08. The first-order chi connectivity index (χ1) is 9.28. The van der Waals surface area contributed by atoms with E-state index in [1.807, 2.05) is 6.07 Å². The van der Waals surface area contributed by atoms with Crippen LogP contribution in [0.25, 0.3) is 11.4 Å². The molecule has 2 aromatic rings. The largest absolute Gasteiger partial charge is 0.481 e. The predicted octanol–water partition coefficient (Wildman–Crippen LogP) is 1.91. The van der Waals surface area contributed by atoms with Crippen LogP contribution >= 0.6 is 0 Å². The highest BCUT2D eigenvalue weighted by atomic mass is 16.5. The molecule has 0 radical (unpaired) electrons. The Labute approximate surface area is 111 Å². The van der Waals surface area contributed by atoms with E-state index >= 15 is 0 Å². The van der Waals surface area contributed by atoms with E-state index in [0.717, 1.165) is 18.5 Å². The van der Waals surface area contributed by atoms with Gasteiger partial charge in [-0.2, -0.15) is 4.98 Å². The van der Waals surface area contributed by atoms with Crippen molar-refractivity contribution >= 4 is 0 Å². The SMILES string of the molecule is COc1ccc(-c2noc([C@@H]3CCCN3C)n2)cn1. The van der Waals surface area contributed by atoms with E-state index in [9.17, 15) is 0 Å². The highest BCUT2D eigenvalue weighted by Crippen LogP contribution is 2.30. The van der Waals surface area contributed by atoms with Crippen molar-refractivity contribution in [1.29, 1.82) is 0 Å². The number of methoxy groups -OCH3 is 1. The van der Waals surface area contributed by atoms with Gasteiger partial charge >= 0.3 is 0 Å². The Bertz CT molecular complexity index is 552. The van der Waals surface area contributed by atoms with Gasteiger partial charge in [0, 0.05) is 17.8 Å². The molecule has 0 amide bonds. The number of hydrogen-bond acceptors (Lipinski definition) is 6. The molecule has 1 fully saturated rings. The van der Waals surface area contributed by atoms with Gasteiger partial charge in [0.25, 0.3) is 0 Å². The second-order valence-corrected chi connectivity index (χ2v) is 4.68. The molecule has 1 aliphatic heterocycles. The van der Waals surface area contributed by atoms with Crippen LogP contribution in [0.15, 0.2) is 22.9 Å². The Hall–Kier alpha value is -1.95. The van der Waals surface area contributed by atoms with Crippen LogP contribution in [-0.4, -0.2) is 40.7 Å². The van der Waals surface area contributed by atoms with E-state index < -0.39 is 0 Å². The van der Waals surface area contributed by atoms with Crippen LogP contribution in [0, 0.1) is 0 Å². The summed E-state index contributed by atoms with van der Waals surface area (Å²) >= 11 is 0. The van der Waals surface area contributed by atoms with Gasteiger partial charge in [0.05, 0.1) is 13.2 Å². The second kappa shape index (κ2) is 4.97. The smallest absolute Gasteiger partial charge is 0.244 e. The molecule has 6 nitrogen and oxygen atoms in total. The average molecular weight is 260 g/mol. The molecule has 6 heteroatoms. The lowest BCUT2D eigenvalue weighted by Gasteiger charge is -2.14. The number of rotatable bonds is 3. The molecule has 0 bridgehead atoms. The minimum absolute atomic E-state index is 0.243. The lowest BCUT2D eigenvalue weighted by Crippen LogP contribution is -2.17. The molecule has 1 saturated heterocycles. The zero-order chi connectivity index (χ0) is 13.2. The van der Waals surface area contributed by atoms with Crippen molar-refractivity contribution in [1.82, 2.24) is 20.0 Å². The normalized spacial score (nSPS) is 19.8. The fraction of sp³-hybridized carbons (Fsp3) is 0.462. The van der Waals surface area contributed by atoms with Gasteiger partial charge in [-0.25, -0.2) is 4.98 Å². The molecule has 0 saturated carbocycles. The summed E-state index contributed by atoms with van der Waals surface area (Å²) in [5.74, 6) is 1.83. The zero-order valence-corrected chi connectivity index (χ0v) is 11.0. The average Bonchev–Trinajstić information content (AvgIpc) is 3.07. The van der Waals surface area contributed by atoms with Gasteiger partial charge in [-0.15, -0.1) is 0 Å². The molecule has 100 valence electrons. The van der Waals surface area contributed by atoms with Crippen molar-refractivity contribution in [2.75, 3.05) is 20.7 Å². The molecule has 1 aliphatic rings. The molecular weight excluding hydrogens is 244 g/mol. The van der Waals surface area contributed by atoms with Gasteiger partial charge in [-0.05, 0) is 32.5 Å². The second-order valence-electron chi connectivity index (χ2n) is 4.68. The number of hydrogen-bond donors (Lipinski definition) is 0. The van der Waals surface area contributed by atoms with Crippen LogP contribution < -0.4 is 4.74 Å². The number of likely N-dealkylation sites (tertiary alicyclic amines) is 1. The van der Waals surface area contributed by atoms with Crippen LogP contribution in [0.4, 0.5) is 0 Å². The summed E-state index contributed by atoms with van der Waals surface area (Å²) < 4.78 is 10.4. The first kappa shape index (κ1) is 12.1. The molecule has 0 N–H and O–H groups in total. The summed E-state index contributed by atoms with van der Waals surface area (Å²) in [5, 5.41) is 4.03. The van der Waals surface area contributed by atoms with Crippen molar-refractivity contribution in [2.45, 2.75) is 18.9 Å². The van der Waals surface area contributed by atoms with Crippen LogP contribution in [-0.2, 0) is 0 Å². The standard InChI is InChI=1S/C13H16N4O2/c1-17-7-3-4-10(17)13-15-12(16-19-13)9-5-6-11(18-2)14-8-9/h5-6,8,10H,3-4,7H2,1-2H3/t10-/m0/s1. The molecule has 3 heterocycles. The first-order valence-corrected chi connectivity index (χ1v) is 6.32. The molecule has 0 spiro atoms. The van der Waals surface area contributed by atoms with Crippen LogP contribution in [0.2, 0.25) is 0 Å². The molecule has 19 heavy (non-hydrogen) atoms. The monoisotopic (exact) mass is 260 g/mol.